The number of rotatable bonds is 4. The summed E-state index contributed by atoms with van der Waals surface area (Å²) in [6.07, 6.45) is 1.36. The van der Waals surface area contributed by atoms with E-state index in [1.165, 1.54) is 13.8 Å². The van der Waals surface area contributed by atoms with Gasteiger partial charge in [0.1, 0.15) is 12.2 Å². The summed E-state index contributed by atoms with van der Waals surface area (Å²) in [6, 6.07) is 0. The molecule has 0 amide bonds. The van der Waals surface area contributed by atoms with Crippen molar-refractivity contribution in [1.29, 1.82) is 0 Å². The molecule has 1 rings (SSSR count). The molecule has 0 aliphatic heterocycles. The molecule has 0 aromatic heterocycles. The number of hydrogen-bond acceptors (Lipinski definition) is 5. The topological polar surface area (TPSA) is 61.8 Å². The Hall–Kier alpha value is -0.883. The van der Waals surface area contributed by atoms with Gasteiger partial charge in [-0.25, -0.2) is 0 Å². The van der Waals surface area contributed by atoms with Crippen molar-refractivity contribution in [2.75, 3.05) is 0 Å². The highest BCUT2D eigenvalue weighted by molar-refractivity contribution is 6.74. The standard InChI is InChI=1S/C16H30O5Si/c1-11(17)19-13-8-14(20-12(2)18)10-15(9-13)21-22(6,7)16(3,4)5/h13-15H,8-10H2,1-7H3/t13-,14-/m1/s1. The fourth-order valence-corrected chi connectivity index (χ4v) is 3.90. The summed E-state index contributed by atoms with van der Waals surface area (Å²) in [4.78, 5) is 22.5. The maximum absolute atomic E-state index is 11.2. The van der Waals surface area contributed by atoms with Gasteiger partial charge in [-0.3, -0.25) is 9.59 Å². The molecule has 128 valence electrons. The Balaban J connectivity index is 2.79. The molecule has 1 fully saturated rings. The average molecular weight is 330 g/mol. The molecule has 0 heterocycles. The summed E-state index contributed by atoms with van der Waals surface area (Å²) in [5, 5.41) is 0.109. The van der Waals surface area contributed by atoms with E-state index >= 15 is 0 Å². The van der Waals surface area contributed by atoms with Crippen LogP contribution in [0, 0.1) is 0 Å². The summed E-state index contributed by atoms with van der Waals surface area (Å²) >= 11 is 0. The highest BCUT2D eigenvalue weighted by Gasteiger charge is 2.42. The second kappa shape index (κ2) is 7.13. The van der Waals surface area contributed by atoms with Crippen molar-refractivity contribution in [2.24, 2.45) is 0 Å². The zero-order valence-corrected chi connectivity index (χ0v) is 15.9. The molecular weight excluding hydrogens is 300 g/mol. The van der Waals surface area contributed by atoms with Gasteiger partial charge in [0.2, 0.25) is 0 Å². The van der Waals surface area contributed by atoms with Crippen LogP contribution >= 0.6 is 0 Å². The van der Waals surface area contributed by atoms with Gasteiger partial charge in [-0.2, -0.15) is 0 Å². The van der Waals surface area contributed by atoms with Crippen LogP contribution in [0.2, 0.25) is 18.1 Å². The van der Waals surface area contributed by atoms with Crippen LogP contribution < -0.4 is 0 Å². The van der Waals surface area contributed by atoms with Crippen molar-refractivity contribution in [2.45, 2.75) is 90.3 Å². The lowest BCUT2D eigenvalue weighted by molar-refractivity contribution is -0.159. The molecule has 0 unspecified atom stereocenters. The van der Waals surface area contributed by atoms with Crippen molar-refractivity contribution in [3.05, 3.63) is 0 Å². The number of ether oxygens (including phenoxy) is 2. The minimum Gasteiger partial charge on any atom is -0.462 e. The number of carbonyl (C=O) groups is 2. The lowest BCUT2D eigenvalue weighted by atomic mass is 9.92. The van der Waals surface area contributed by atoms with E-state index in [1.54, 1.807) is 0 Å². The van der Waals surface area contributed by atoms with Crippen molar-refractivity contribution < 1.29 is 23.5 Å². The van der Waals surface area contributed by atoms with Gasteiger partial charge in [-0.1, -0.05) is 20.8 Å². The Kier molecular flexibility index (Phi) is 6.21. The molecule has 0 spiro atoms. The average Bonchev–Trinajstić information content (AvgIpc) is 2.23. The molecule has 0 saturated heterocycles. The zero-order valence-electron chi connectivity index (χ0n) is 14.9. The van der Waals surface area contributed by atoms with E-state index in [0.717, 1.165) is 0 Å². The first-order chi connectivity index (χ1) is 9.90. The third-order valence-electron chi connectivity index (χ3n) is 4.51. The Labute approximate surface area is 134 Å². The minimum atomic E-state index is -1.91. The van der Waals surface area contributed by atoms with Crippen LogP contribution in [0.1, 0.15) is 53.9 Å². The van der Waals surface area contributed by atoms with E-state index in [9.17, 15) is 9.59 Å². The van der Waals surface area contributed by atoms with Crippen molar-refractivity contribution in [1.82, 2.24) is 0 Å². The molecule has 0 bridgehead atoms. The predicted octanol–water partition coefficient (Wildman–Crippen LogP) is 3.42. The smallest absolute Gasteiger partial charge is 0.302 e. The molecule has 2 atom stereocenters. The molecule has 1 aliphatic rings. The number of esters is 2. The largest absolute Gasteiger partial charge is 0.462 e. The highest BCUT2D eigenvalue weighted by Crippen LogP contribution is 2.39. The molecule has 0 aromatic rings. The van der Waals surface area contributed by atoms with E-state index in [1.807, 2.05) is 0 Å². The maximum Gasteiger partial charge on any atom is 0.302 e. The molecule has 6 heteroatoms. The maximum atomic E-state index is 11.2. The normalized spacial score (nSPS) is 26.4. The fourth-order valence-electron chi connectivity index (χ4n) is 2.52. The molecule has 5 nitrogen and oxygen atoms in total. The summed E-state index contributed by atoms with van der Waals surface area (Å²) in [7, 11) is -1.91. The van der Waals surface area contributed by atoms with Gasteiger partial charge in [-0.05, 0) is 18.1 Å². The fraction of sp³-hybridized carbons (Fsp3) is 0.875. The van der Waals surface area contributed by atoms with Crippen LogP contribution in [0.4, 0.5) is 0 Å². The molecule has 1 saturated carbocycles. The van der Waals surface area contributed by atoms with Gasteiger partial charge < -0.3 is 13.9 Å². The molecular formula is C16H30O5Si. The number of hydrogen-bond donors (Lipinski definition) is 0. The summed E-state index contributed by atoms with van der Waals surface area (Å²) in [5.74, 6) is -0.612. The predicted molar refractivity (Wildman–Crippen MR) is 87.0 cm³/mol. The van der Waals surface area contributed by atoms with Crippen LogP contribution in [-0.2, 0) is 23.5 Å². The van der Waals surface area contributed by atoms with E-state index in [2.05, 4.69) is 33.9 Å². The first-order valence-corrected chi connectivity index (χ1v) is 10.8. The first kappa shape index (κ1) is 19.2. The van der Waals surface area contributed by atoms with Crippen LogP contribution in [0.25, 0.3) is 0 Å². The molecule has 22 heavy (non-hydrogen) atoms. The van der Waals surface area contributed by atoms with Gasteiger partial charge in [0.05, 0.1) is 6.10 Å². The third-order valence-corrected chi connectivity index (χ3v) is 9.05. The first-order valence-electron chi connectivity index (χ1n) is 7.93. The third kappa shape index (κ3) is 5.72. The van der Waals surface area contributed by atoms with Crippen LogP contribution in [-0.4, -0.2) is 38.6 Å². The van der Waals surface area contributed by atoms with Gasteiger partial charge in [0.25, 0.3) is 0 Å². The Bertz CT molecular complexity index is 389. The zero-order chi connectivity index (χ0) is 17.1. The Morgan fingerprint density at radius 2 is 1.23 bits per heavy atom. The SMILES string of the molecule is CC(=O)O[C@H]1CC(O[Si](C)(C)C(C)(C)C)C[C@H](OC(C)=O)C1. The van der Waals surface area contributed by atoms with E-state index in [4.69, 9.17) is 13.9 Å². The molecule has 1 aliphatic carbocycles. The summed E-state index contributed by atoms with van der Waals surface area (Å²) in [6.45, 7) is 13.8. The van der Waals surface area contributed by atoms with Gasteiger partial charge in [0.15, 0.2) is 8.32 Å². The quantitative estimate of drug-likeness (QED) is 0.584. The monoisotopic (exact) mass is 330 g/mol. The lowest BCUT2D eigenvalue weighted by Gasteiger charge is -2.42. The summed E-state index contributed by atoms with van der Waals surface area (Å²) in [5.41, 5.74) is 0. The Morgan fingerprint density at radius 1 is 0.864 bits per heavy atom. The second-order valence-corrected chi connectivity index (χ2v) is 12.4. The minimum absolute atomic E-state index is 0.0386. The number of carbonyl (C=O) groups excluding carboxylic acids is 2. The lowest BCUT2D eigenvalue weighted by Crippen LogP contribution is -2.48. The van der Waals surface area contributed by atoms with E-state index < -0.39 is 8.32 Å². The van der Waals surface area contributed by atoms with Crippen LogP contribution in [0.5, 0.6) is 0 Å². The second-order valence-electron chi connectivity index (χ2n) is 7.67. The van der Waals surface area contributed by atoms with Crippen molar-refractivity contribution in [3.8, 4) is 0 Å². The van der Waals surface area contributed by atoms with Crippen LogP contribution in [0.3, 0.4) is 0 Å². The van der Waals surface area contributed by atoms with Crippen molar-refractivity contribution in [3.63, 3.8) is 0 Å². The summed E-state index contributed by atoms with van der Waals surface area (Å²) < 4.78 is 17.1. The Morgan fingerprint density at radius 3 is 1.55 bits per heavy atom. The molecule has 0 aromatic carbocycles. The molecule has 0 radical (unpaired) electrons. The van der Waals surface area contributed by atoms with E-state index in [-0.39, 0.29) is 35.3 Å². The molecule has 0 N–H and O–H groups in total. The van der Waals surface area contributed by atoms with Crippen LogP contribution in [0.15, 0.2) is 0 Å². The van der Waals surface area contributed by atoms with Gasteiger partial charge in [-0.15, -0.1) is 0 Å². The van der Waals surface area contributed by atoms with Gasteiger partial charge in [0, 0.05) is 33.1 Å². The highest BCUT2D eigenvalue weighted by atomic mass is 28.4. The van der Waals surface area contributed by atoms with Crippen molar-refractivity contribution >= 4 is 20.3 Å². The van der Waals surface area contributed by atoms with E-state index in [0.29, 0.717) is 19.3 Å². The van der Waals surface area contributed by atoms with Gasteiger partial charge >= 0.3 is 11.9 Å².